The first kappa shape index (κ1) is 32.4. The summed E-state index contributed by atoms with van der Waals surface area (Å²) in [5.41, 5.74) is 1.83. The molecule has 2 rings (SSSR count). The molecule has 0 fully saturated rings. The lowest BCUT2D eigenvalue weighted by Gasteiger charge is -2.32. The first-order chi connectivity index (χ1) is 18.1. The summed E-state index contributed by atoms with van der Waals surface area (Å²) in [6.45, 7) is 18.0. The molecule has 0 unspecified atom stereocenters. The molecule has 0 heterocycles. The van der Waals surface area contributed by atoms with Crippen LogP contribution in [-0.2, 0) is 22.6 Å². The van der Waals surface area contributed by atoms with Crippen LogP contribution in [0.25, 0.3) is 0 Å². The molecule has 0 aliphatic heterocycles. The number of likely N-dealkylation sites (N-methyl/N-ethyl adjacent to an activating group) is 1. The number of hydrogen-bond acceptors (Lipinski definition) is 4. The van der Waals surface area contributed by atoms with Gasteiger partial charge in [-0.25, -0.2) is 0 Å². The summed E-state index contributed by atoms with van der Waals surface area (Å²) in [6, 6.07) is 16.8. The zero-order chi connectivity index (χ0) is 29.2. The molecule has 0 aliphatic rings. The van der Waals surface area contributed by atoms with Crippen molar-refractivity contribution in [2.75, 3.05) is 13.6 Å². The van der Waals surface area contributed by atoms with Crippen LogP contribution in [0.5, 0.6) is 5.75 Å². The van der Waals surface area contributed by atoms with Crippen LogP contribution < -0.4 is 15.4 Å². The van der Waals surface area contributed by atoms with Crippen LogP contribution in [-0.4, -0.2) is 47.9 Å². The SMILES string of the molecule is CC(C)C[C@@H](C(=O)N[C@@H](Cc1ccc(OCc2ccccc2)cc1)C(=O)NC(C)(C)C)N(C)CCC(C)(C)C. The molecule has 6 heteroatoms. The highest BCUT2D eigenvalue weighted by atomic mass is 16.5. The van der Waals surface area contributed by atoms with Crippen molar-refractivity contribution >= 4 is 11.8 Å². The van der Waals surface area contributed by atoms with Crippen molar-refractivity contribution < 1.29 is 14.3 Å². The topological polar surface area (TPSA) is 70.7 Å². The maximum Gasteiger partial charge on any atom is 0.243 e. The smallest absolute Gasteiger partial charge is 0.243 e. The average molecular weight is 538 g/mol. The lowest BCUT2D eigenvalue weighted by atomic mass is 9.91. The number of nitrogens with zero attached hydrogens (tertiary/aromatic N) is 1. The number of hydrogen-bond donors (Lipinski definition) is 2. The van der Waals surface area contributed by atoms with Gasteiger partial charge in [0.1, 0.15) is 18.4 Å². The highest BCUT2D eigenvalue weighted by Crippen LogP contribution is 2.21. The van der Waals surface area contributed by atoms with E-state index in [9.17, 15) is 9.59 Å². The lowest BCUT2D eigenvalue weighted by molar-refractivity contribution is -0.132. The predicted molar refractivity (Wildman–Crippen MR) is 161 cm³/mol. The third-order valence-corrected chi connectivity index (χ3v) is 6.49. The summed E-state index contributed by atoms with van der Waals surface area (Å²) in [7, 11) is 2.01. The van der Waals surface area contributed by atoms with Crippen molar-refractivity contribution in [3.8, 4) is 5.75 Å². The summed E-state index contributed by atoms with van der Waals surface area (Å²) < 4.78 is 5.92. The van der Waals surface area contributed by atoms with Crippen molar-refractivity contribution in [2.24, 2.45) is 11.3 Å². The first-order valence-electron chi connectivity index (χ1n) is 14.2. The molecule has 0 aromatic heterocycles. The molecule has 2 aromatic carbocycles. The predicted octanol–water partition coefficient (Wildman–Crippen LogP) is 5.99. The molecular weight excluding hydrogens is 486 g/mol. The second-order valence-electron chi connectivity index (χ2n) is 13.4. The van der Waals surface area contributed by atoms with E-state index in [1.54, 1.807) is 0 Å². The van der Waals surface area contributed by atoms with Gasteiger partial charge in [-0.3, -0.25) is 14.5 Å². The number of amides is 2. The standard InChI is InChI=1S/C33H51N3O3/c1-24(2)21-29(36(9)20-19-32(3,4)5)31(38)34-28(30(37)35-33(6,7)8)22-25-15-17-27(18-16-25)39-23-26-13-11-10-12-14-26/h10-18,24,28-29H,19-23H2,1-9H3,(H,34,38)(H,35,37)/t28-,29-/m0/s1. The van der Waals surface area contributed by atoms with E-state index in [2.05, 4.69) is 50.2 Å². The minimum absolute atomic E-state index is 0.100. The molecule has 0 saturated carbocycles. The Hall–Kier alpha value is -2.86. The Balaban J connectivity index is 2.16. The van der Waals surface area contributed by atoms with Gasteiger partial charge in [-0.15, -0.1) is 0 Å². The van der Waals surface area contributed by atoms with E-state index in [4.69, 9.17) is 4.74 Å². The number of nitrogens with one attached hydrogen (secondary N) is 2. The molecule has 0 saturated heterocycles. The molecule has 0 aliphatic carbocycles. The molecule has 6 nitrogen and oxygen atoms in total. The molecule has 0 radical (unpaired) electrons. The Morgan fingerprint density at radius 2 is 1.49 bits per heavy atom. The van der Waals surface area contributed by atoms with E-state index < -0.39 is 11.6 Å². The number of benzene rings is 2. The summed E-state index contributed by atoms with van der Waals surface area (Å²) in [5.74, 6) is 0.834. The maximum absolute atomic E-state index is 13.6. The van der Waals surface area contributed by atoms with Gasteiger partial charge in [0.2, 0.25) is 11.8 Å². The van der Waals surface area contributed by atoms with E-state index in [-0.39, 0.29) is 23.3 Å². The van der Waals surface area contributed by atoms with Crippen molar-refractivity contribution in [3.63, 3.8) is 0 Å². The normalized spacial score (nSPS) is 13.7. The van der Waals surface area contributed by atoms with E-state index in [0.717, 1.165) is 36.3 Å². The summed E-state index contributed by atoms with van der Waals surface area (Å²) in [5, 5.41) is 6.17. The molecule has 2 atom stereocenters. The Labute approximate surface area is 236 Å². The third-order valence-electron chi connectivity index (χ3n) is 6.49. The minimum Gasteiger partial charge on any atom is -0.489 e. The molecule has 2 amide bonds. The van der Waals surface area contributed by atoms with Crippen molar-refractivity contribution in [2.45, 2.75) is 98.9 Å². The van der Waals surface area contributed by atoms with E-state index in [1.807, 2.05) is 82.4 Å². The van der Waals surface area contributed by atoms with Gasteiger partial charge in [0.15, 0.2) is 0 Å². The monoisotopic (exact) mass is 537 g/mol. The highest BCUT2D eigenvalue weighted by Gasteiger charge is 2.30. The summed E-state index contributed by atoms with van der Waals surface area (Å²) >= 11 is 0. The molecule has 39 heavy (non-hydrogen) atoms. The van der Waals surface area contributed by atoms with Crippen LogP contribution in [0.4, 0.5) is 0 Å². The fourth-order valence-electron chi connectivity index (χ4n) is 4.23. The van der Waals surface area contributed by atoms with E-state index in [1.165, 1.54) is 0 Å². The number of carbonyl (C=O) groups excluding carboxylic acids is 2. The Bertz CT molecular complexity index is 1020. The average Bonchev–Trinajstić information content (AvgIpc) is 2.84. The van der Waals surface area contributed by atoms with Gasteiger partial charge >= 0.3 is 0 Å². The minimum atomic E-state index is -0.682. The van der Waals surface area contributed by atoms with E-state index >= 15 is 0 Å². The number of carbonyl (C=O) groups is 2. The third kappa shape index (κ3) is 12.7. The Morgan fingerprint density at radius 3 is 2.03 bits per heavy atom. The van der Waals surface area contributed by atoms with Gasteiger partial charge in [0.25, 0.3) is 0 Å². The van der Waals surface area contributed by atoms with Crippen LogP contribution in [0.3, 0.4) is 0 Å². The Morgan fingerprint density at radius 1 is 0.872 bits per heavy atom. The quantitative estimate of drug-likeness (QED) is 0.329. The fraction of sp³-hybridized carbons (Fsp3) is 0.576. The zero-order valence-corrected chi connectivity index (χ0v) is 25.6. The van der Waals surface area contributed by atoms with Gasteiger partial charge in [0, 0.05) is 12.0 Å². The van der Waals surface area contributed by atoms with Crippen LogP contribution in [0.15, 0.2) is 54.6 Å². The van der Waals surface area contributed by atoms with Gasteiger partial charge in [-0.1, -0.05) is 77.1 Å². The number of ether oxygens (including phenoxy) is 1. The van der Waals surface area contributed by atoms with Crippen LogP contribution >= 0.6 is 0 Å². The molecule has 0 spiro atoms. The maximum atomic E-state index is 13.6. The van der Waals surface area contributed by atoms with Crippen molar-refractivity contribution in [3.05, 3.63) is 65.7 Å². The molecule has 0 bridgehead atoms. The molecule has 2 N–H and O–H groups in total. The zero-order valence-electron chi connectivity index (χ0n) is 25.6. The Kier molecular flexibility index (Phi) is 12.0. The number of rotatable bonds is 13. The van der Waals surface area contributed by atoms with Crippen LogP contribution in [0.2, 0.25) is 0 Å². The van der Waals surface area contributed by atoms with E-state index in [0.29, 0.717) is 18.9 Å². The fourth-order valence-corrected chi connectivity index (χ4v) is 4.23. The highest BCUT2D eigenvalue weighted by molar-refractivity contribution is 5.90. The lowest BCUT2D eigenvalue weighted by Crippen LogP contribution is -2.56. The van der Waals surface area contributed by atoms with Crippen molar-refractivity contribution in [1.82, 2.24) is 15.5 Å². The second kappa shape index (κ2) is 14.5. The van der Waals surface area contributed by atoms with Crippen molar-refractivity contribution in [1.29, 1.82) is 0 Å². The van der Waals surface area contributed by atoms with Gasteiger partial charge < -0.3 is 15.4 Å². The van der Waals surface area contributed by atoms with Crippen LogP contribution in [0.1, 0.15) is 79.4 Å². The second-order valence-corrected chi connectivity index (χ2v) is 13.4. The largest absolute Gasteiger partial charge is 0.489 e. The first-order valence-corrected chi connectivity index (χ1v) is 14.2. The summed E-state index contributed by atoms with van der Waals surface area (Å²) in [4.78, 5) is 29.1. The van der Waals surface area contributed by atoms with Crippen LogP contribution in [0, 0.1) is 11.3 Å². The van der Waals surface area contributed by atoms with Gasteiger partial charge in [0.05, 0.1) is 6.04 Å². The molecule has 216 valence electrons. The van der Waals surface area contributed by atoms with Gasteiger partial charge in [-0.05, 0) is 81.8 Å². The van der Waals surface area contributed by atoms with Gasteiger partial charge in [-0.2, -0.15) is 0 Å². The molecular formula is C33H51N3O3. The molecule has 2 aromatic rings. The summed E-state index contributed by atoms with van der Waals surface area (Å²) in [6.07, 6.45) is 2.11.